The van der Waals surface area contributed by atoms with E-state index in [0.717, 1.165) is 5.56 Å². The molecule has 1 rings (SSSR count). The van der Waals surface area contributed by atoms with Gasteiger partial charge in [-0.15, -0.1) is 0 Å². The van der Waals surface area contributed by atoms with Gasteiger partial charge in [0, 0.05) is 6.42 Å². The maximum atomic E-state index is 12.0. The number of ketones is 1. The van der Waals surface area contributed by atoms with Crippen LogP contribution in [0.3, 0.4) is 0 Å². The number of carbonyl (C=O) groups is 1. The minimum absolute atomic E-state index is 0.249. The normalized spacial score (nSPS) is 11.4. The number of aryl methyl sites for hydroxylation is 2. The van der Waals surface area contributed by atoms with E-state index < -0.39 is 15.6 Å². The van der Waals surface area contributed by atoms with Gasteiger partial charge in [-0.2, -0.15) is 0 Å². The highest BCUT2D eigenvalue weighted by Gasteiger charge is 2.20. The van der Waals surface area contributed by atoms with Gasteiger partial charge in [0.15, 0.2) is 9.84 Å². The summed E-state index contributed by atoms with van der Waals surface area (Å²) in [7, 11) is -3.47. The summed E-state index contributed by atoms with van der Waals surface area (Å²) in [5.41, 5.74) is 1.57. The molecule has 16 heavy (non-hydrogen) atoms. The smallest absolute Gasteiger partial charge is 0.185 e. The van der Waals surface area contributed by atoms with Gasteiger partial charge in [-0.3, -0.25) is 4.79 Å². The molecule has 0 N–H and O–H groups in total. The molecule has 0 aliphatic carbocycles. The second kappa shape index (κ2) is 4.78. The Kier molecular flexibility index (Phi) is 3.86. The summed E-state index contributed by atoms with van der Waals surface area (Å²) >= 11 is 0. The first-order valence-electron chi connectivity index (χ1n) is 5.18. The topological polar surface area (TPSA) is 51.2 Å². The van der Waals surface area contributed by atoms with Crippen LogP contribution in [0, 0.1) is 13.8 Å². The summed E-state index contributed by atoms with van der Waals surface area (Å²) < 4.78 is 23.9. The molecule has 0 amide bonds. The van der Waals surface area contributed by atoms with Crippen LogP contribution in [-0.4, -0.2) is 20.0 Å². The van der Waals surface area contributed by atoms with Crippen LogP contribution in [0.25, 0.3) is 0 Å². The first-order valence-corrected chi connectivity index (χ1v) is 6.83. The molecule has 0 fully saturated rings. The Balaban J connectivity index is 3.17. The lowest BCUT2D eigenvalue weighted by Crippen LogP contribution is -2.16. The monoisotopic (exact) mass is 240 g/mol. The van der Waals surface area contributed by atoms with Crippen LogP contribution in [0.15, 0.2) is 23.1 Å². The van der Waals surface area contributed by atoms with Gasteiger partial charge in [0.2, 0.25) is 0 Å². The molecule has 0 bridgehead atoms. The second-order valence-corrected chi connectivity index (χ2v) is 5.88. The molecule has 1 aromatic rings. The zero-order valence-electron chi connectivity index (χ0n) is 9.78. The molecule has 0 aromatic heterocycles. The van der Waals surface area contributed by atoms with Crippen molar-refractivity contribution >= 4 is 15.6 Å². The van der Waals surface area contributed by atoms with E-state index in [9.17, 15) is 13.2 Å². The molecule has 0 saturated carbocycles. The van der Waals surface area contributed by atoms with E-state index in [1.54, 1.807) is 26.0 Å². The highest BCUT2D eigenvalue weighted by Crippen LogP contribution is 2.18. The molecule has 0 radical (unpaired) electrons. The van der Waals surface area contributed by atoms with Gasteiger partial charge in [-0.25, -0.2) is 8.42 Å². The highest BCUT2D eigenvalue weighted by molar-refractivity contribution is 7.92. The van der Waals surface area contributed by atoms with Crippen molar-refractivity contribution in [3.8, 4) is 0 Å². The molecular weight excluding hydrogens is 224 g/mol. The van der Waals surface area contributed by atoms with Gasteiger partial charge in [-0.05, 0) is 31.0 Å². The minimum Gasteiger partial charge on any atom is -0.299 e. The Morgan fingerprint density at radius 3 is 2.44 bits per heavy atom. The first kappa shape index (κ1) is 12.9. The third kappa shape index (κ3) is 2.92. The molecule has 0 saturated heterocycles. The van der Waals surface area contributed by atoms with Gasteiger partial charge in [-0.1, -0.05) is 19.1 Å². The number of hydrogen-bond donors (Lipinski definition) is 0. The van der Waals surface area contributed by atoms with Crippen molar-refractivity contribution in [3.05, 3.63) is 29.3 Å². The fraction of sp³-hybridized carbons (Fsp3) is 0.417. The van der Waals surface area contributed by atoms with Crippen molar-refractivity contribution in [2.24, 2.45) is 0 Å². The van der Waals surface area contributed by atoms with Crippen molar-refractivity contribution in [1.29, 1.82) is 0 Å². The van der Waals surface area contributed by atoms with E-state index in [2.05, 4.69) is 0 Å². The van der Waals surface area contributed by atoms with Crippen LogP contribution < -0.4 is 0 Å². The van der Waals surface area contributed by atoms with Gasteiger partial charge in [0.05, 0.1) is 4.90 Å². The fourth-order valence-corrected chi connectivity index (χ4v) is 3.14. The predicted octanol–water partition coefficient (Wildman–Crippen LogP) is 2.06. The molecule has 0 unspecified atom stereocenters. The van der Waals surface area contributed by atoms with Gasteiger partial charge in [0.1, 0.15) is 11.5 Å². The van der Waals surface area contributed by atoms with Crippen molar-refractivity contribution in [2.75, 3.05) is 5.75 Å². The molecule has 3 nitrogen and oxygen atoms in total. The fourth-order valence-electron chi connectivity index (χ4n) is 1.43. The van der Waals surface area contributed by atoms with E-state index >= 15 is 0 Å². The number of sulfone groups is 1. The van der Waals surface area contributed by atoms with E-state index in [1.807, 2.05) is 13.0 Å². The number of benzene rings is 1. The summed E-state index contributed by atoms with van der Waals surface area (Å²) in [4.78, 5) is 11.5. The summed E-state index contributed by atoms with van der Waals surface area (Å²) in [5.74, 6) is -0.644. The lowest BCUT2D eigenvalue weighted by Gasteiger charge is -2.07. The molecule has 4 heteroatoms. The second-order valence-electron chi connectivity index (χ2n) is 3.92. The molecular formula is C12H16O3S. The van der Waals surface area contributed by atoms with Crippen molar-refractivity contribution in [2.45, 2.75) is 32.1 Å². The maximum Gasteiger partial charge on any atom is 0.185 e. The zero-order valence-corrected chi connectivity index (χ0v) is 10.6. The molecule has 1 aromatic carbocycles. The van der Waals surface area contributed by atoms with Crippen LogP contribution >= 0.6 is 0 Å². The minimum atomic E-state index is -3.47. The summed E-state index contributed by atoms with van der Waals surface area (Å²) in [5, 5.41) is 0. The Hall–Kier alpha value is -1.16. The Bertz CT molecular complexity index is 501. The third-order valence-electron chi connectivity index (χ3n) is 2.42. The lowest BCUT2D eigenvalue weighted by atomic mass is 10.2. The standard InChI is InChI=1S/C12H16O3S/c1-4-11(13)8-16(14,15)12-7-9(2)5-6-10(12)3/h5-7H,4,8H2,1-3H3. The number of Topliss-reactive ketones (excluding diaryl/α,β-unsaturated/α-hetero) is 1. The quantitative estimate of drug-likeness (QED) is 0.809. The Morgan fingerprint density at radius 2 is 1.88 bits per heavy atom. The molecule has 0 heterocycles. The summed E-state index contributed by atoms with van der Waals surface area (Å²) in [6.07, 6.45) is 0.254. The van der Waals surface area contributed by atoms with E-state index in [4.69, 9.17) is 0 Å². The van der Waals surface area contributed by atoms with Crippen molar-refractivity contribution in [1.82, 2.24) is 0 Å². The highest BCUT2D eigenvalue weighted by atomic mass is 32.2. The van der Waals surface area contributed by atoms with Crippen LogP contribution in [0.2, 0.25) is 0 Å². The van der Waals surface area contributed by atoms with Gasteiger partial charge < -0.3 is 0 Å². The molecule has 0 aliphatic rings. The number of carbonyl (C=O) groups excluding carboxylic acids is 1. The zero-order chi connectivity index (χ0) is 12.3. The maximum absolute atomic E-state index is 12.0. The van der Waals surface area contributed by atoms with Crippen LogP contribution in [0.4, 0.5) is 0 Å². The van der Waals surface area contributed by atoms with Crippen molar-refractivity contribution in [3.63, 3.8) is 0 Å². The predicted molar refractivity (Wildman–Crippen MR) is 63.3 cm³/mol. The van der Waals surface area contributed by atoms with E-state index in [0.29, 0.717) is 5.56 Å². The molecule has 0 aliphatic heterocycles. The summed E-state index contributed by atoms with van der Waals surface area (Å²) in [6.45, 7) is 5.24. The SMILES string of the molecule is CCC(=O)CS(=O)(=O)c1cc(C)ccc1C. The Labute approximate surface area is 96.4 Å². The molecule has 0 spiro atoms. The summed E-state index contributed by atoms with van der Waals surface area (Å²) in [6, 6.07) is 5.24. The van der Waals surface area contributed by atoms with Gasteiger partial charge in [0.25, 0.3) is 0 Å². The van der Waals surface area contributed by atoms with Crippen LogP contribution in [0.1, 0.15) is 24.5 Å². The lowest BCUT2D eigenvalue weighted by molar-refractivity contribution is -0.116. The average Bonchev–Trinajstić information content (AvgIpc) is 2.20. The van der Waals surface area contributed by atoms with Crippen LogP contribution in [-0.2, 0) is 14.6 Å². The number of rotatable bonds is 4. The average molecular weight is 240 g/mol. The Morgan fingerprint density at radius 1 is 1.25 bits per heavy atom. The largest absolute Gasteiger partial charge is 0.299 e. The molecule has 0 atom stereocenters. The number of hydrogen-bond acceptors (Lipinski definition) is 3. The van der Waals surface area contributed by atoms with Gasteiger partial charge >= 0.3 is 0 Å². The van der Waals surface area contributed by atoms with E-state index in [-0.39, 0.29) is 17.1 Å². The van der Waals surface area contributed by atoms with E-state index in [1.165, 1.54) is 0 Å². The molecule has 88 valence electrons. The van der Waals surface area contributed by atoms with Crippen LogP contribution in [0.5, 0.6) is 0 Å². The van der Waals surface area contributed by atoms with Crippen molar-refractivity contribution < 1.29 is 13.2 Å². The first-order chi connectivity index (χ1) is 7.36. The third-order valence-corrected chi connectivity index (χ3v) is 4.24.